The van der Waals surface area contributed by atoms with Crippen molar-refractivity contribution in [3.8, 4) is 0 Å². The number of ether oxygens (including phenoxy) is 1. The van der Waals surface area contributed by atoms with Crippen LogP contribution in [0, 0.1) is 5.41 Å². The first-order valence-corrected chi connectivity index (χ1v) is 12.7. The van der Waals surface area contributed by atoms with Crippen molar-refractivity contribution >= 4 is 10.0 Å². The number of hydrogen-bond donors (Lipinski definition) is 0. The van der Waals surface area contributed by atoms with Crippen molar-refractivity contribution in [2.24, 2.45) is 5.41 Å². The molecular formula is C25H34N2O3S. The van der Waals surface area contributed by atoms with Gasteiger partial charge in [-0.1, -0.05) is 56.3 Å². The van der Waals surface area contributed by atoms with Crippen molar-refractivity contribution in [2.45, 2.75) is 43.5 Å². The van der Waals surface area contributed by atoms with Crippen molar-refractivity contribution in [3.05, 3.63) is 65.7 Å². The maximum Gasteiger partial charge on any atom is 0.243 e. The lowest BCUT2D eigenvalue weighted by Gasteiger charge is -2.60. The van der Waals surface area contributed by atoms with Gasteiger partial charge in [0, 0.05) is 44.7 Å². The third-order valence-corrected chi connectivity index (χ3v) is 8.98. The first-order chi connectivity index (χ1) is 14.9. The van der Waals surface area contributed by atoms with Crippen molar-refractivity contribution in [1.82, 2.24) is 9.21 Å². The zero-order valence-electron chi connectivity index (χ0n) is 18.8. The van der Waals surface area contributed by atoms with Crippen LogP contribution in [-0.2, 0) is 14.8 Å². The zero-order valence-corrected chi connectivity index (χ0v) is 19.6. The Morgan fingerprint density at radius 2 is 1.68 bits per heavy atom. The van der Waals surface area contributed by atoms with E-state index in [4.69, 9.17) is 4.74 Å². The molecule has 2 fully saturated rings. The Morgan fingerprint density at radius 1 is 1.03 bits per heavy atom. The number of methoxy groups -OCH3 is 1. The smallest absolute Gasteiger partial charge is 0.243 e. The monoisotopic (exact) mass is 442 g/mol. The van der Waals surface area contributed by atoms with Gasteiger partial charge in [0.25, 0.3) is 0 Å². The number of nitrogens with zero attached hydrogens (tertiary/aromatic N) is 2. The Labute approximate surface area is 187 Å². The van der Waals surface area contributed by atoms with Gasteiger partial charge in [-0.15, -0.1) is 0 Å². The summed E-state index contributed by atoms with van der Waals surface area (Å²) >= 11 is 0. The summed E-state index contributed by atoms with van der Waals surface area (Å²) in [6.45, 7) is 8.02. The highest BCUT2D eigenvalue weighted by atomic mass is 32.2. The average molecular weight is 443 g/mol. The van der Waals surface area contributed by atoms with Gasteiger partial charge >= 0.3 is 0 Å². The lowest BCUT2D eigenvalue weighted by Crippen LogP contribution is -2.62. The summed E-state index contributed by atoms with van der Waals surface area (Å²) in [6.07, 6.45) is 1.78. The molecule has 0 aliphatic carbocycles. The second-order valence-corrected chi connectivity index (χ2v) is 11.2. The number of piperidine rings is 1. The van der Waals surface area contributed by atoms with Crippen LogP contribution in [0.4, 0.5) is 0 Å². The molecule has 0 radical (unpaired) electrons. The van der Waals surface area contributed by atoms with E-state index < -0.39 is 10.0 Å². The fraction of sp³-hybridized carbons (Fsp3) is 0.520. The van der Waals surface area contributed by atoms with Gasteiger partial charge in [0.05, 0.1) is 11.5 Å². The molecule has 2 saturated heterocycles. The standard InChI is InChI=1S/C25H34N2O3S/c1-20(2)21-9-11-23(12-10-21)31(28,29)27-15-13-25(14-16-27)19-26(17-18-30-3)24(25)22-7-5-4-6-8-22/h4-12,20,24H,13-19H2,1-3H3. The van der Waals surface area contributed by atoms with Crippen LogP contribution in [0.2, 0.25) is 0 Å². The van der Waals surface area contributed by atoms with E-state index in [1.165, 1.54) is 5.56 Å². The molecule has 0 N–H and O–H groups in total. The van der Waals surface area contributed by atoms with E-state index in [1.54, 1.807) is 23.5 Å². The largest absolute Gasteiger partial charge is 0.383 e. The summed E-state index contributed by atoms with van der Waals surface area (Å²) in [7, 11) is -1.71. The topological polar surface area (TPSA) is 49.9 Å². The third-order valence-electron chi connectivity index (χ3n) is 7.06. The van der Waals surface area contributed by atoms with Gasteiger partial charge in [0.15, 0.2) is 0 Å². The molecule has 0 amide bonds. The van der Waals surface area contributed by atoms with Crippen molar-refractivity contribution in [1.29, 1.82) is 0 Å². The summed E-state index contributed by atoms with van der Waals surface area (Å²) in [5.74, 6) is 0.390. The summed E-state index contributed by atoms with van der Waals surface area (Å²) in [4.78, 5) is 2.89. The van der Waals surface area contributed by atoms with Gasteiger partial charge in [0.1, 0.15) is 0 Å². The van der Waals surface area contributed by atoms with Crippen LogP contribution in [-0.4, -0.2) is 57.5 Å². The van der Waals surface area contributed by atoms with E-state index >= 15 is 0 Å². The van der Waals surface area contributed by atoms with E-state index in [0.717, 1.165) is 31.5 Å². The Bertz CT molecular complexity index is 966. The molecule has 0 bridgehead atoms. The fourth-order valence-electron chi connectivity index (χ4n) is 5.25. The van der Waals surface area contributed by atoms with Crippen LogP contribution in [0.25, 0.3) is 0 Å². The third kappa shape index (κ3) is 4.31. The number of rotatable bonds is 7. The number of benzene rings is 2. The fourth-order valence-corrected chi connectivity index (χ4v) is 6.69. The Kier molecular flexibility index (Phi) is 6.54. The maximum atomic E-state index is 13.2. The summed E-state index contributed by atoms with van der Waals surface area (Å²) in [5, 5.41) is 0. The molecule has 31 heavy (non-hydrogen) atoms. The van der Waals surface area contributed by atoms with E-state index in [-0.39, 0.29) is 5.41 Å². The summed E-state index contributed by atoms with van der Waals surface area (Å²) < 4.78 is 33.5. The Hall–Kier alpha value is -1.73. The van der Waals surface area contributed by atoms with E-state index in [2.05, 4.69) is 43.0 Å². The molecule has 1 spiro atoms. The molecule has 1 atom stereocenters. The molecule has 6 heteroatoms. The Balaban J connectivity index is 1.49. The van der Waals surface area contributed by atoms with Gasteiger partial charge in [-0.3, -0.25) is 4.90 Å². The molecule has 0 saturated carbocycles. The maximum absolute atomic E-state index is 13.2. The van der Waals surface area contributed by atoms with Crippen LogP contribution in [0.3, 0.4) is 0 Å². The lowest BCUT2D eigenvalue weighted by molar-refractivity contribution is -0.110. The number of likely N-dealkylation sites (tertiary alicyclic amines) is 1. The van der Waals surface area contributed by atoms with Crippen LogP contribution < -0.4 is 0 Å². The predicted molar refractivity (Wildman–Crippen MR) is 124 cm³/mol. The average Bonchev–Trinajstić information content (AvgIpc) is 2.77. The molecule has 2 aliphatic heterocycles. The highest BCUT2D eigenvalue weighted by Crippen LogP contribution is 2.55. The molecule has 2 aromatic carbocycles. The van der Waals surface area contributed by atoms with Crippen LogP contribution >= 0.6 is 0 Å². The first kappa shape index (κ1) is 22.5. The van der Waals surface area contributed by atoms with Crippen LogP contribution in [0.5, 0.6) is 0 Å². The van der Waals surface area contributed by atoms with Gasteiger partial charge in [-0.05, 0) is 42.0 Å². The first-order valence-electron chi connectivity index (χ1n) is 11.3. The van der Waals surface area contributed by atoms with E-state index in [1.807, 2.05) is 18.2 Å². The second kappa shape index (κ2) is 9.02. The summed E-state index contributed by atoms with van der Waals surface area (Å²) in [5.41, 5.74) is 2.63. The molecule has 1 unspecified atom stereocenters. The molecule has 0 aromatic heterocycles. The number of sulfonamides is 1. The molecule has 168 valence electrons. The van der Waals surface area contributed by atoms with E-state index in [0.29, 0.717) is 36.6 Å². The summed E-state index contributed by atoms with van der Waals surface area (Å²) in [6, 6.07) is 18.4. The highest BCUT2D eigenvalue weighted by molar-refractivity contribution is 7.89. The lowest BCUT2D eigenvalue weighted by atomic mass is 9.63. The molecule has 5 nitrogen and oxygen atoms in total. The molecule has 2 heterocycles. The van der Waals surface area contributed by atoms with Crippen molar-refractivity contribution < 1.29 is 13.2 Å². The Morgan fingerprint density at radius 3 is 2.26 bits per heavy atom. The molecule has 4 rings (SSSR count). The molecule has 2 aromatic rings. The molecular weight excluding hydrogens is 408 g/mol. The minimum atomic E-state index is -3.45. The number of hydrogen-bond acceptors (Lipinski definition) is 4. The van der Waals surface area contributed by atoms with Gasteiger partial charge in [0.2, 0.25) is 10.0 Å². The van der Waals surface area contributed by atoms with Gasteiger partial charge < -0.3 is 4.74 Å². The minimum Gasteiger partial charge on any atom is -0.383 e. The van der Waals surface area contributed by atoms with Crippen molar-refractivity contribution in [2.75, 3.05) is 39.9 Å². The quantitative estimate of drug-likeness (QED) is 0.642. The van der Waals surface area contributed by atoms with Crippen LogP contribution in [0.15, 0.2) is 59.5 Å². The van der Waals surface area contributed by atoms with E-state index in [9.17, 15) is 8.42 Å². The van der Waals surface area contributed by atoms with Gasteiger partial charge in [-0.25, -0.2) is 8.42 Å². The minimum absolute atomic E-state index is 0.141. The van der Waals surface area contributed by atoms with Gasteiger partial charge in [-0.2, -0.15) is 4.31 Å². The van der Waals surface area contributed by atoms with Crippen LogP contribution in [0.1, 0.15) is 49.8 Å². The normalized spacial score (nSPS) is 22.0. The molecule has 2 aliphatic rings. The SMILES string of the molecule is COCCN1CC2(CCN(S(=O)(=O)c3ccc(C(C)C)cc3)CC2)C1c1ccccc1. The second-order valence-electron chi connectivity index (χ2n) is 9.27. The zero-order chi connectivity index (χ0) is 22.1. The predicted octanol–water partition coefficient (Wildman–Crippen LogP) is 4.28. The van der Waals surface area contributed by atoms with Crippen molar-refractivity contribution in [3.63, 3.8) is 0 Å². The highest BCUT2D eigenvalue weighted by Gasteiger charge is 2.54.